The van der Waals surface area contributed by atoms with E-state index in [1.807, 2.05) is 55.5 Å². The highest BCUT2D eigenvalue weighted by Crippen LogP contribution is 2.31. The van der Waals surface area contributed by atoms with E-state index in [0.29, 0.717) is 5.76 Å². The van der Waals surface area contributed by atoms with E-state index in [9.17, 15) is 4.79 Å². The van der Waals surface area contributed by atoms with Gasteiger partial charge in [-0.25, -0.2) is 0 Å². The highest BCUT2D eigenvalue weighted by Gasteiger charge is 2.20. The summed E-state index contributed by atoms with van der Waals surface area (Å²) < 4.78 is 5.87. The topological polar surface area (TPSA) is 54.3 Å². The highest BCUT2D eigenvalue weighted by molar-refractivity contribution is 6.11. The largest absolute Gasteiger partial charge is 0.449 e. The van der Waals surface area contributed by atoms with Crippen LogP contribution in [-0.4, -0.2) is 12.5 Å². The third-order valence-corrected chi connectivity index (χ3v) is 4.41. The van der Waals surface area contributed by atoms with Gasteiger partial charge in [0.25, 0.3) is 5.91 Å². The number of hydrogen-bond acceptors (Lipinski definition) is 3. The molecule has 1 aromatic heterocycles. The van der Waals surface area contributed by atoms with Crippen molar-refractivity contribution in [1.82, 2.24) is 0 Å². The summed E-state index contributed by atoms with van der Waals surface area (Å²) in [5.74, 6) is 0.103. The fourth-order valence-corrected chi connectivity index (χ4v) is 3.06. The predicted octanol–water partition coefficient (Wildman–Crippen LogP) is 5.99. The Balaban J connectivity index is 1.81. The first kappa shape index (κ1) is 18.1. The van der Waals surface area contributed by atoms with Gasteiger partial charge in [-0.2, -0.15) is 0 Å². The van der Waals surface area contributed by atoms with E-state index in [2.05, 4.69) is 17.6 Å². The number of carbonyl (C=O) groups excluding carboxylic acids is 1. The van der Waals surface area contributed by atoms with Crippen molar-refractivity contribution < 1.29 is 9.21 Å². The number of unbranched alkanes of at least 4 members (excludes halogenated alkanes) is 3. The van der Waals surface area contributed by atoms with Crippen LogP contribution in [-0.2, 0) is 0 Å². The molecule has 26 heavy (non-hydrogen) atoms. The van der Waals surface area contributed by atoms with Crippen molar-refractivity contribution in [3.63, 3.8) is 0 Å². The molecular weight excluding hydrogens is 324 g/mol. The van der Waals surface area contributed by atoms with E-state index < -0.39 is 0 Å². The summed E-state index contributed by atoms with van der Waals surface area (Å²) >= 11 is 0. The molecule has 0 saturated heterocycles. The Morgan fingerprint density at radius 1 is 1.04 bits per heavy atom. The molecule has 2 aromatic carbocycles. The summed E-state index contributed by atoms with van der Waals surface area (Å²) in [6.07, 6.45) is 4.70. The molecule has 1 heterocycles. The van der Waals surface area contributed by atoms with Crippen molar-refractivity contribution in [3.05, 3.63) is 59.9 Å². The fraction of sp³-hybridized carbons (Fsp3) is 0.318. The van der Waals surface area contributed by atoms with Crippen molar-refractivity contribution in [2.75, 3.05) is 17.2 Å². The van der Waals surface area contributed by atoms with E-state index in [1.54, 1.807) is 0 Å². The van der Waals surface area contributed by atoms with Crippen LogP contribution in [0.15, 0.2) is 52.9 Å². The Kier molecular flexibility index (Phi) is 5.95. The molecule has 0 atom stereocenters. The van der Waals surface area contributed by atoms with E-state index in [1.165, 1.54) is 19.3 Å². The van der Waals surface area contributed by atoms with Crippen molar-refractivity contribution >= 4 is 28.3 Å². The zero-order valence-electron chi connectivity index (χ0n) is 15.5. The lowest BCUT2D eigenvalue weighted by atomic mass is 10.2. The monoisotopic (exact) mass is 350 g/mol. The second-order valence-electron chi connectivity index (χ2n) is 6.61. The molecule has 0 spiro atoms. The van der Waals surface area contributed by atoms with Gasteiger partial charge in [-0.05, 0) is 43.2 Å². The first-order chi connectivity index (χ1) is 12.7. The summed E-state index contributed by atoms with van der Waals surface area (Å²) in [6.45, 7) is 5.03. The van der Waals surface area contributed by atoms with Crippen molar-refractivity contribution in [1.29, 1.82) is 0 Å². The van der Waals surface area contributed by atoms with Gasteiger partial charge in [-0.3, -0.25) is 4.79 Å². The molecule has 0 bridgehead atoms. The third-order valence-electron chi connectivity index (χ3n) is 4.41. The van der Waals surface area contributed by atoms with Gasteiger partial charge in [-0.1, -0.05) is 50.5 Å². The molecule has 0 radical (unpaired) electrons. The number of aryl methyl sites for hydroxylation is 1. The van der Waals surface area contributed by atoms with Crippen LogP contribution < -0.4 is 10.6 Å². The number of anilines is 2. The van der Waals surface area contributed by atoms with E-state index >= 15 is 0 Å². The Morgan fingerprint density at radius 2 is 1.88 bits per heavy atom. The average Bonchev–Trinajstić information content (AvgIpc) is 3.00. The number of benzene rings is 2. The molecule has 2 N–H and O–H groups in total. The van der Waals surface area contributed by atoms with E-state index in [-0.39, 0.29) is 5.91 Å². The summed E-state index contributed by atoms with van der Waals surface area (Å²) in [7, 11) is 0. The van der Waals surface area contributed by atoms with Gasteiger partial charge in [-0.15, -0.1) is 0 Å². The molecule has 3 rings (SSSR count). The summed E-state index contributed by atoms with van der Waals surface area (Å²) in [5.41, 5.74) is 3.37. The molecule has 0 aliphatic rings. The second kappa shape index (κ2) is 8.56. The van der Waals surface area contributed by atoms with Crippen LogP contribution in [0.5, 0.6) is 0 Å². The number of hydrogen-bond donors (Lipinski definition) is 2. The minimum absolute atomic E-state index is 0.233. The van der Waals surface area contributed by atoms with Crippen LogP contribution in [0.2, 0.25) is 0 Å². The quantitative estimate of drug-likeness (QED) is 0.491. The van der Waals surface area contributed by atoms with E-state index in [4.69, 9.17) is 4.42 Å². The average molecular weight is 350 g/mol. The number of fused-ring (bicyclic) bond motifs is 1. The molecule has 0 aliphatic carbocycles. The van der Waals surface area contributed by atoms with E-state index in [0.717, 1.165) is 40.9 Å². The Labute approximate surface area is 154 Å². The fourth-order valence-electron chi connectivity index (χ4n) is 3.06. The second-order valence-corrected chi connectivity index (χ2v) is 6.61. The van der Waals surface area contributed by atoms with Crippen molar-refractivity contribution in [2.24, 2.45) is 0 Å². The van der Waals surface area contributed by atoms with Crippen LogP contribution in [0.25, 0.3) is 11.0 Å². The third kappa shape index (κ3) is 4.26. The molecule has 0 unspecified atom stereocenters. The van der Waals surface area contributed by atoms with Gasteiger partial charge in [0, 0.05) is 17.6 Å². The summed E-state index contributed by atoms with van der Waals surface area (Å²) in [5, 5.41) is 7.30. The number of rotatable bonds is 8. The maximum atomic E-state index is 12.8. The van der Waals surface area contributed by atoms with Gasteiger partial charge in [0.15, 0.2) is 0 Å². The number of furan rings is 1. The molecule has 0 aliphatic heterocycles. The first-order valence-electron chi connectivity index (χ1n) is 9.32. The van der Waals surface area contributed by atoms with Crippen LogP contribution in [0.4, 0.5) is 11.4 Å². The van der Waals surface area contributed by atoms with Gasteiger partial charge < -0.3 is 15.1 Å². The standard InChI is InChI=1S/C22H26N2O2/c1-3-4-5-8-14-23-20-18-12-6-7-13-19(18)26-21(20)22(25)24-17-11-9-10-16(2)15-17/h6-7,9-13,15,23H,3-5,8,14H2,1-2H3,(H,24,25). The SMILES string of the molecule is CCCCCCNc1c(C(=O)Nc2cccc(C)c2)oc2ccccc12. The molecule has 136 valence electrons. The Hall–Kier alpha value is -2.75. The van der Waals surface area contributed by atoms with Gasteiger partial charge in [0.1, 0.15) is 5.58 Å². The zero-order valence-corrected chi connectivity index (χ0v) is 15.5. The predicted molar refractivity (Wildman–Crippen MR) is 108 cm³/mol. The molecule has 0 fully saturated rings. The smallest absolute Gasteiger partial charge is 0.293 e. The molecular formula is C22H26N2O2. The van der Waals surface area contributed by atoms with Gasteiger partial charge in [0.2, 0.25) is 5.76 Å². The van der Waals surface area contributed by atoms with Crippen LogP contribution in [0.3, 0.4) is 0 Å². The number of para-hydroxylation sites is 1. The van der Waals surface area contributed by atoms with Crippen LogP contribution in [0.1, 0.15) is 48.7 Å². The minimum Gasteiger partial charge on any atom is -0.449 e. The molecule has 4 heteroatoms. The lowest BCUT2D eigenvalue weighted by Gasteiger charge is -2.08. The number of carbonyl (C=O) groups is 1. The van der Waals surface area contributed by atoms with Gasteiger partial charge in [0.05, 0.1) is 5.69 Å². The number of nitrogens with one attached hydrogen (secondary N) is 2. The zero-order chi connectivity index (χ0) is 18.4. The minimum atomic E-state index is -0.233. The van der Waals surface area contributed by atoms with Gasteiger partial charge >= 0.3 is 0 Å². The molecule has 0 saturated carbocycles. The Morgan fingerprint density at radius 3 is 2.69 bits per heavy atom. The first-order valence-corrected chi connectivity index (χ1v) is 9.32. The van der Waals surface area contributed by atoms with Crippen molar-refractivity contribution in [2.45, 2.75) is 39.5 Å². The molecule has 4 nitrogen and oxygen atoms in total. The molecule has 1 amide bonds. The normalized spacial score (nSPS) is 10.8. The maximum absolute atomic E-state index is 12.8. The summed E-state index contributed by atoms with van der Waals surface area (Å²) in [6, 6.07) is 15.5. The number of amides is 1. The Bertz CT molecular complexity index is 883. The van der Waals surface area contributed by atoms with Crippen LogP contribution in [0, 0.1) is 6.92 Å². The summed E-state index contributed by atoms with van der Waals surface area (Å²) in [4.78, 5) is 12.8. The van der Waals surface area contributed by atoms with Crippen LogP contribution >= 0.6 is 0 Å². The highest BCUT2D eigenvalue weighted by atomic mass is 16.3. The lowest BCUT2D eigenvalue weighted by Crippen LogP contribution is -2.14. The van der Waals surface area contributed by atoms with Crippen molar-refractivity contribution in [3.8, 4) is 0 Å². The maximum Gasteiger partial charge on any atom is 0.293 e. The molecule has 3 aromatic rings. The lowest BCUT2D eigenvalue weighted by molar-refractivity contribution is 0.0999.